The van der Waals surface area contributed by atoms with Crippen LogP contribution in [0.1, 0.15) is 29.5 Å². The molecule has 10 heteroatoms. The number of likely N-dealkylation sites (N-methyl/N-ethyl adjacent to an activating group) is 1. The van der Waals surface area contributed by atoms with Gasteiger partial charge in [-0.2, -0.15) is 0 Å². The minimum atomic E-state index is -1.34. The Hall–Kier alpha value is -4.44. The molecule has 0 bridgehead atoms. The summed E-state index contributed by atoms with van der Waals surface area (Å²) in [6.07, 6.45) is -1.04. The molecule has 40 heavy (non-hydrogen) atoms. The van der Waals surface area contributed by atoms with Gasteiger partial charge in [0.25, 0.3) is 5.91 Å². The first kappa shape index (κ1) is 27.1. The summed E-state index contributed by atoms with van der Waals surface area (Å²) in [6.45, 7) is 0.898. The number of hydrogen-bond acceptors (Lipinski definition) is 5. The molecule has 5 rings (SSSR count). The molecule has 0 spiro atoms. The third kappa shape index (κ3) is 5.62. The number of anilines is 1. The average Bonchev–Trinajstić information content (AvgIpc) is 3.04. The van der Waals surface area contributed by atoms with Gasteiger partial charge >= 0.3 is 0 Å². The van der Waals surface area contributed by atoms with Gasteiger partial charge in [-0.25, -0.2) is 13.8 Å². The monoisotopic (exact) mass is 545 g/mol. The zero-order chi connectivity index (χ0) is 28.3. The Morgan fingerprint density at radius 2 is 1.65 bits per heavy atom. The number of nitrogens with one attached hydrogen (secondary N) is 3. The van der Waals surface area contributed by atoms with Crippen molar-refractivity contribution in [3.63, 3.8) is 0 Å². The molecule has 2 aliphatic heterocycles. The lowest BCUT2D eigenvalue weighted by atomic mass is 9.86. The first-order valence-corrected chi connectivity index (χ1v) is 13.0. The molecular formula is C30H29F2N5O3. The van der Waals surface area contributed by atoms with Gasteiger partial charge in [-0.15, -0.1) is 0 Å². The van der Waals surface area contributed by atoms with Gasteiger partial charge in [0.05, 0.1) is 17.8 Å². The number of rotatable bonds is 6. The molecule has 206 valence electrons. The largest absolute Gasteiger partial charge is 0.341 e. The number of halogens is 2. The van der Waals surface area contributed by atoms with Crippen LogP contribution >= 0.6 is 0 Å². The van der Waals surface area contributed by atoms with Crippen molar-refractivity contribution in [1.29, 1.82) is 0 Å². The summed E-state index contributed by atoms with van der Waals surface area (Å²) < 4.78 is 27.3. The Morgan fingerprint density at radius 3 is 2.35 bits per heavy atom. The average molecular weight is 546 g/mol. The van der Waals surface area contributed by atoms with Crippen molar-refractivity contribution in [2.45, 2.75) is 31.0 Å². The van der Waals surface area contributed by atoms with Gasteiger partial charge in [0.1, 0.15) is 17.2 Å². The summed E-state index contributed by atoms with van der Waals surface area (Å²) in [6, 6.07) is 19.7. The highest BCUT2D eigenvalue weighted by molar-refractivity contribution is 6.20. The zero-order valence-corrected chi connectivity index (χ0v) is 21.9. The fourth-order valence-corrected chi connectivity index (χ4v) is 5.18. The number of hydrogen-bond donors (Lipinski definition) is 3. The Kier molecular flexibility index (Phi) is 7.70. The number of nitrogens with zero attached hydrogens (tertiary/aromatic N) is 2. The number of carbonyl (C=O) groups is 3. The highest BCUT2D eigenvalue weighted by Gasteiger charge is 2.43. The van der Waals surface area contributed by atoms with Crippen LogP contribution in [0.25, 0.3) is 0 Å². The van der Waals surface area contributed by atoms with Crippen molar-refractivity contribution in [2.24, 2.45) is 4.99 Å². The Bertz CT molecular complexity index is 1450. The van der Waals surface area contributed by atoms with Crippen LogP contribution in [-0.2, 0) is 20.8 Å². The van der Waals surface area contributed by atoms with E-state index in [0.29, 0.717) is 24.5 Å². The van der Waals surface area contributed by atoms with Crippen LogP contribution in [0.4, 0.5) is 14.5 Å². The Labute approximate surface area is 230 Å². The van der Waals surface area contributed by atoms with Gasteiger partial charge in [0.15, 0.2) is 0 Å². The first-order chi connectivity index (χ1) is 19.3. The van der Waals surface area contributed by atoms with Crippen molar-refractivity contribution in [3.05, 3.63) is 101 Å². The number of benzodiazepines with no additional fused rings is 1. The van der Waals surface area contributed by atoms with Crippen molar-refractivity contribution in [2.75, 3.05) is 25.0 Å². The summed E-state index contributed by atoms with van der Waals surface area (Å²) in [5, 5.41) is 8.76. The molecule has 0 unspecified atom stereocenters. The van der Waals surface area contributed by atoms with E-state index in [2.05, 4.69) is 16.0 Å². The second kappa shape index (κ2) is 11.4. The minimum Gasteiger partial charge on any atom is -0.341 e. The molecule has 3 aromatic carbocycles. The maximum Gasteiger partial charge on any atom is 0.272 e. The maximum absolute atomic E-state index is 13.9. The van der Waals surface area contributed by atoms with Gasteiger partial charge in [-0.1, -0.05) is 48.5 Å². The van der Waals surface area contributed by atoms with Crippen LogP contribution in [0.5, 0.6) is 0 Å². The fourth-order valence-electron chi connectivity index (χ4n) is 5.18. The van der Waals surface area contributed by atoms with Gasteiger partial charge in [0, 0.05) is 24.2 Å². The van der Waals surface area contributed by atoms with E-state index in [1.807, 2.05) is 54.6 Å². The second-order valence-electron chi connectivity index (χ2n) is 9.97. The predicted octanol–water partition coefficient (Wildman–Crippen LogP) is 2.70. The topological polar surface area (TPSA) is 103 Å². The van der Waals surface area contributed by atoms with E-state index in [-0.39, 0.29) is 24.8 Å². The summed E-state index contributed by atoms with van der Waals surface area (Å²) in [7, 11) is 1.63. The molecule has 8 nitrogen and oxygen atoms in total. The number of piperidine rings is 1. The molecule has 1 atom stereocenters. The van der Waals surface area contributed by atoms with Gasteiger partial charge in [0.2, 0.25) is 18.0 Å². The lowest BCUT2D eigenvalue weighted by Crippen LogP contribution is -2.65. The van der Waals surface area contributed by atoms with Crippen LogP contribution in [0.2, 0.25) is 0 Å². The molecule has 2 aliphatic rings. The predicted molar refractivity (Wildman–Crippen MR) is 147 cm³/mol. The Balaban J connectivity index is 1.44. The van der Waals surface area contributed by atoms with E-state index in [1.54, 1.807) is 7.05 Å². The number of aliphatic imine (C=N–C) groups is 1. The lowest BCUT2D eigenvalue weighted by molar-refractivity contribution is -0.136. The van der Waals surface area contributed by atoms with Gasteiger partial charge in [-0.05, 0) is 49.7 Å². The first-order valence-electron chi connectivity index (χ1n) is 13.0. The molecule has 0 aromatic heterocycles. The van der Waals surface area contributed by atoms with E-state index in [1.165, 1.54) is 4.90 Å². The van der Waals surface area contributed by atoms with Crippen LogP contribution < -0.4 is 20.9 Å². The quantitative estimate of drug-likeness (QED) is 0.443. The fraction of sp³-hybridized carbons (Fsp3) is 0.267. The van der Waals surface area contributed by atoms with Crippen LogP contribution in [0.3, 0.4) is 0 Å². The lowest BCUT2D eigenvalue weighted by Gasteiger charge is -2.37. The Morgan fingerprint density at radius 1 is 1.00 bits per heavy atom. The molecule has 2 heterocycles. The third-order valence-electron chi connectivity index (χ3n) is 7.22. The molecule has 0 saturated carbocycles. The number of carbonyl (C=O) groups excluding carboxylic acids is 3. The van der Waals surface area contributed by atoms with E-state index in [0.717, 1.165) is 29.3 Å². The molecule has 3 aromatic rings. The molecule has 3 N–H and O–H groups in total. The summed E-state index contributed by atoms with van der Waals surface area (Å²) in [5.41, 5.74) is 1.54. The van der Waals surface area contributed by atoms with E-state index in [9.17, 15) is 23.2 Å². The molecule has 0 radical (unpaired) electrons. The minimum absolute atomic E-state index is 0.148. The summed E-state index contributed by atoms with van der Waals surface area (Å²) in [4.78, 5) is 46.6. The van der Waals surface area contributed by atoms with Crippen molar-refractivity contribution in [3.8, 4) is 0 Å². The number of para-hydroxylation sites is 1. The van der Waals surface area contributed by atoms with Crippen LogP contribution in [0.15, 0.2) is 77.8 Å². The van der Waals surface area contributed by atoms with Gasteiger partial charge in [-0.3, -0.25) is 14.4 Å². The highest BCUT2D eigenvalue weighted by Crippen LogP contribution is 2.28. The number of fused-ring (bicyclic) bond motifs is 1. The summed E-state index contributed by atoms with van der Waals surface area (Å²) in [5.74, 6) is -3.13. The zero-order valence-electron chi connectivity index (χ0n) is 21.9. The standard InChI is InChI=1S/C30H29F2N5O3/c1-37-24-10-6-5-9-23(24)26(20-7-3-2-4-8-20)34-27(28(37)39)35-29(40)30(11-13-33-14-12-30)36-25(38)17-19-15-21(31)18-22(32)16-19/h2-10,15-16,18,27,33H,11-14,17H2,1H3,(H,35,40)(H,36,38)/t27-/m1/s1. The van der Waals surface area contributed by atoms with Gasteiger partial charge < -0.3 is 20.9 Å². The smallest absolute Gasteiger partial charge is 0.272 e. The van der Waals surface area contributed by atoms with Crippen molar-refractivity contribution < 1.29 is 23.2 Å². The number of benzene rings is 3. The summed E-state index contributed by atoms with van der Waals surface area (Å²) >= 11 is 0. The van der Waals surface area contributed by atoms with E-state index < -0.39 is 41.1 Å². The molecule has 1 fully saturated rings. The normalized spacial score (nSPS) is 18.3. The van der Waals surface area contributed by atoms with Crippen LogP contribution in [-0.4, -0.2) is 55.3 Å². The SMILES string of the molecule is CN1C(=O)[C@@H](NC(=O)C2(NC(=O)Cc3cc(F)cc(F)c3)CCNCC2)N=C(c2ccccc2)c2ccccc21. The van der Waals surface area contributed by atoms with Crippen molar-refractivity contribution in [1.82, 2.24) is 16.0 Å². The number of amides is 3. The highest BCUT2D eigenvalue weighted by atomic mass is 19.1. The van der Waals surface area contributed by atoms with Crippen LogP contribution in [0, 0.1) is 11.6 Å². The molecule has 1 saturated heterocycles. The molecule has 3 amide bonds. The second-order valence-corrected chi connectivity index (χ2v) is 9.97. The van der Waals surface area contributed by atoms with Crippen molar-refractivity contribution >= 4 is 29.1 Å². The van der Waals surface area contributed by atoms with E-state index in [4.69, 9.17) is 4.99 Å². The van der Waals surface area contributed by atoms with E-state index >= 15 is 0 Å². The molecule has 0 aliphatic carbocycles. The third-order valence-corrected chi connectivity index (χ3v) is 7.22. The maximum atomic E-state index is 13.9. The molecular weight excluding hydrogens is 516 g/mol.